The average molecular weight is 347 g/mol. The number of hydrogen-bond acceptors (Lipinski definition) is 2. The van der Waals surface area contributed by atoms with Crippen molar-refractivity contribution in [1.29, 1.82) is 0 Å². The minimum Gasteiger partial charge on any atom is -0.480 e. The van der Waals surface area contributed by atoms with Crippen LogP contribution in [0.1, 0.15) is 29.3 Å². The van der Waals surface area contributed by atoms with Crippen LogP contribution in [0.4, 0.5) is 0 Å². The standard InChI is InChI=1S/C12H14INO3/c1-3-9(12(16)17)14-11(15)10-7(2)5-4-6-8(10)13/h4-6,9H,3H2,1-2H3,(H,14,15)(H,16,17). The van der Waals surface area contributed by atoms with Gasteiger partial charge in [-0.15, -0.1) is 0 Å². The fourth-order valence-corrected chi connectivity index (χ4v) is 2.37. The zero-order chi connectivity index (χ0) is 13.0. The lowest BCUT2D eigenvalue weighted by molar-refractivity contribution is -0.139. The molecule has 0 aliphatic rings. The molecule has 1 amide bonds. The summed E-state index contributed by atoms with van der Waals surface area (Å²) in [5.41, 5.74) is 1.39. The van der Waals surface area contributed by atoms with Crippen LogP contribution in [0.2, 0.25) is 0 Å². The summed E-state index contributed by atoms with van der Waals surface area (Å²) in [6.07, 6.45) is 0.365. The second-order valence-corrected chi connectivity index (χ2v) is 4.87. The summed E-state index contributed by atoms with van der Waals surface area (Å²) < 4.78 is 0.820. The van der Waals surface area contributed by atoms with Gasteiger partial charge < -0.3 is 10.4 Å². The highest BCUT2D eigenvalue weighted by Gasteiger charge is 2.20. The third-order valence-electron chi connectivity index (χ3n) is 2.46. The molecule has 5 heteroatoms. The van der Waals surface area contributed by atoms with E-state index in [1.54, 1.807) is 6.92 Å². The van der Waals surface area contributed by atoms with E-state index in [4.69, 9.17) is 5.11 Å². The maximum atomic E-state index is 12.0. The van der Waals surface area contributed by atoms with E-state index >= 15 is 0 Å². The fraction of sp³-hybridized carbons (Fsp3) is 0.333. The molecule has 0 bridgehead atoms. The van der Waals surface area contributed by atoms with Crippen LogP contribution >= 0.6 is 22.6 Å². The number of rotatable bonds is 4. The van der Waals surface area contributed by atoms with Gasteiger partial charge in [-0.3, -0.25) is 4.79 Å². The Bertz CT molecular complexity index is 425. The lowest BCUT2D eigenvalue weighted by Crippen LogP contribution is -2.40. The van der Waals surface area contributed by atoms with E-state index in [-0.39, 0.29) is 5.91 Å². The molecule has 0 radical (unpaired) electrons. The summed E-state index contributed by atoms with van der Waals surface area (Å²) >= 11 is 2.07. The third-order valence-corrected chi connectivity index (χ3v) is 3.36. The van der Waals surface area contributed by atoms with Gasteiger partial charge in [-0.25, -0.2) is 4.79 Å². The predicted molar refractivity (Wildman–Crippen MR) is 73.1 cm³/mol. The normalized spacial score (nSPS) is 11.9. The second kappa shape index (κ2) is 6.00. The molecule has 0 spiro atoms. The van der Waals surface area contributed by atoms with Crippen LogP contribution < -0.4 is 5.32 Å². The number of carbonyl (C=O) groups excluding carboxylic acids is 1. The van der Waals surface area contributed by atoms with E-state index in [2.05, 4.69) is 27.9 Å². The number of carbonyl (C=O) groups is 2. The Balaban J connectivity index is 2.94. The highest BCUT2D eigenvalue weighted by atomic mass is 127. The largest absolute Gasteiger partial charge is 0.480 e. The maximum absolute atomic E-state index is 12.0. The smallest absolute Gasteiger partial charge is 0.326 e. The van der Waals surface area contributed by atoms with Crippen LogP contribution in [0.25, 0.3) is 0 Å². The van der Waals surface area contributed by atoms with Gasteiger partial charge in [-0.2, -0.15) is 0 Å². The Kier molecular flexibility index (Phi) is 4.92. The molecule has 4 nitrogen and oxygen atoms in total. The van der Waals surface area contributed by atoms with Gasteiger partial charge in [-0.05, 0) is 47.6 Å². The number of aryl methyl sites for hydroxylation is 1. The summed E-state index contributed by atoms with van der Waals surface area (Å²) in [6.45, 7) is 3.56. The molecule has 0 aliphatic carbocycles. The fourth-order valence-electron chi connectivity index (χ4n) is 1.49. The lowest BCUT2D eigenvalue weighted by Gasteiger charge is -2.14. The van der Waals surface area contributed by atoms with Crippen molar-refractivity contribution < 1.29 is 14.7 Å². The van der Waals surface area contributed by atoms with Crippen molar-refractivity contribution in [2.75, 3.05) is 0 Å². The second-order valence-electron chi connectivity index (χ2n) is 3.70. The first-order valence-electron chi connectivity index (χ1n) is 5.26. The first-order chi connectivity index (χ1) is 7.97. The van der Waals surface area contributed by atoms with Crippen LogP contribution in [0.5, 0.6) is 0 Å². The number of carboxylic acids is 1. The Hall–Kier alpha value is -1.11. The highest BCUT2D eigenvalue weighted by Crippen LogP contribution is 2.16. The minimum absolute atomic E-state index is 0.332. The van der Waals surface area contributed by atoms with E-state index in [1.165, 1.54) is 0 Å². The first-order valence-corrected chi connectivity index (χ1v) is 6.34. The zero-order valence-corrected chi connectivity index (χ0v) is 11.8. The first kappa shape index (κ1) is 14.0. The van der Waals surface area contributed by atoms with Crippen LogP contribution in [0.3, 0.4) is 0 Å². The van der Waals surface area contributed by atoms with Gasteiger partial charge in [0.2, 0.25) is 0 Å². The van der Waals surface area contributed by atoms with Gasteiger partial charge >= 0.3 is 5.97 Å². The summed E-state index contributed by atoms with van der Waals surface area (Å²) in [6, 6.07) is 4.68. The monoisotopic (exact) mass is 347 g/mol. The van der Waals surface area contributed by atoms with Crippen molar-refractivity contribution in [2.45, 2.75) is 26.3 Å². The molecule has 0 fully saturated rings. The average Bonchev–Trinajstić information content (AvgIpc) is 2.25. The van der Waals surface area contributed by atoms with Crippen LogP contribution in [-0.2, 0) is 4.79 Å². The number of benzene rings is 1. The molecule has 0 aromatic heterocycles. The highest BCUT2D eigenvalue weighted by molar-refractivity contribution is 14.1. The molecule has 1 unspecified atom stereocenters. The van der Waals surface area contributed by atoms with Gasteiger partial charge in [0.1, 0.15) is 6.04 Å². The molecule has 92 valence electrons. The predicted octanol–water partition coefficient (Wildman–Crippen LogP) is 2.19. The Morgan fingerprint density at radius 3 is 2.59 bits per heavy atom. The summed E-state index contributed by atoms with van der Waals surface area (Å²) in [5, 5.41) is 11.4. The van der Waals surface area contributed by atoms with E-state index in [9.17, 15) is 9.59 Å². The molecular formula is C12H14INO3. The molecule has 0 aliphatic heterocycles. The maximum Gasteiger partial charge on any atom is 0.326 e. The molecule has 0 saturated heterocycles. The third kappa shape index (κ3) is 3.42. The van der Waals surface area contributed by atoms with Gasteiger partial charge in [0.15, 0.2) is 0 Å². The van der Waals surface area contributed by atoms with Gasteiger partial charge in [0, 0.05) is 3.57 Å². The molecule has 0 heterocycles. The molecular weight excluding hydrogens is 333 g/mol. The van der Waals surface area contributed by atoms with Crippen LogP contribution in [-0.4, -0.2) is 23.0 Å². The molecule has 2 N–H and O–H groups in total. The Labute approximate surface area is 114 Å². The summed E-state index contributed by atoms with van der Waals surface area (Å²) in [7, 11) is 0. The number of amides is 1. The Morgan fingerprint density at radius 1 is 1.47 bits per heavy atom. The van der Waals surface area contributed by atoms with Gasteiger partial charge in [0.25, 0.3) is 5.91 Å². The number of nitrogens with one attached hydrogen (secondary N) is 1. The zero-order valence-electron chi connectivity index (χ0n) is 9.66. The van der Waals surface area contributed by atoms with Crippen LogP contribution in [0, 0.1) is 10.5 Å². The minimum atomic E-state index is -1.01. The number of aliphatic carboxylic acids is 1. The van der Waals surface area contributed by atoms with Crippen molar-refractivity contribution in [3.8, 4) is 0 Å². The number of halogens is 1. The molecule has 17 heavy (non-hydrogen) atoms. The van der Waals surface area contributed by atoms with Crippen molar-refractivity contribution in [3.05, 3.63) is 32.9 Å². The molecule has 1 aromatic carbocycles. The van der Waals surface area contributed by atoms with Crippen LogP contribution in [0.15, 0.2) is 18.2 Å². The molecule has 1 aromatic rings. The van der Waals surface area contributed by atoms with Crippen molar-refractivity contribution in [2.24, 2.45) is 0 Å². The van der Waals surface area contributed by atoms with Crippen molar-refractivity contribution >= 4 is 34.5 Å². The summed E-state index contributed by atoms with van der Waals surface area (Å²) in [4.78, 5) is 22.8. The van der Waals surface area contributed by atoms with E-state index in [1.807, 2.05) is 25.1 Å². The topological polar surface area (TPSA) is 66.4 Å². The van der Waals surface area contributed by atoms with Gasteiger partial charge in [0.05, 0.1) is 5.56 Å². The summed E-state index contributed by atoms with van der Waals surface area (Å²) in [5.74, 6) is -1.34. The number of hydrogen-bond donors (Lipinski definition) is 2. The van der Waals surface area contributed by atoms with Gasteiger partial charge in [-0.1, -0.05) is 19.1 Å². The number of carboxylic acid groups (broad SMARTS) is 1. The molecule has 1 atom stereocenters. The molecule has 1 rings (SSSR count). The van der Waals surface area contributed by atoms with E-state index in [0.29, 0.717) is 12.0 Å². The molecule has 0 saturated carbocycles. The quantitative estimate of drug-likeness (QED) is 0.821. The van der Waals surface area contributed by atoms with E-state index < -0.39 is 12.0 Å². The van der Waals surface area contributed by atoms with Crippen molar-refractivity contribution in [3.63, 3.8) is 0 Å². The lowest BCUT2D eigenvalue weighted by atomic mass is 10.1. The SMILES string of the molecule is CCC(NC(=O)c1c(C)cccc1I)C(=O)O. The Morgan fingerprint density at radius 2 is 2.12 bits per heavy atom. The van der Waals surface area contributed by atoms with E-state index in [0.717, 1.165) is 9.13 Å². The van der Waals surface area contributed by atoms with Crippen molar-refractivity contribution in [1.82, 2.24) is 5.32 Å².